The van der Waals surface area contributed by atoms with E-state index in [0.29, 0.717) is 0 Å². The third-order valence-electron chi connectivity index (χ3n) is 3.06. The van der Waals surface area contributed by atoms with Gasteiger partial charge in [-0.15, -0.1) is 0 Å². The lowest BCUT2D eigenvalue weighted by Crippen LogP contribution is -2.41. The van der Waals surface area contributed by atoms with Gasteiger partial charge in [0.05, 0.1) is 5.69 Å². The van der Waals surface area contributed by atoms with Crippen LogP contribution in [0.1, 0.15) is 13.8 Å². The van der Waals surface area contributed by atoms with Gasteiger partial charge in [-0.05, 0) is 26.0 Å². The van der Waals surface area contributed by atoms with Crippen molar-refractivity contribution in [2.45, 2.75) is 31.2 Å². The number of nitrogens with one attached hydrogen (secondary N) is 3. The first-order valence-electron chi connectivity index (χ1n) is 5.79. The van der Waals surface area contributed by atoms with Crippen molar-refractivity contribution >= 4 is 15.7 Å². The lowest BCUT2D eigenvalue weighted by atomic mass is 10.2. The predicted molar refractivity (Wildman–Crippen MR) is 67.9 cm³/mol. The Morgan fingerprint density at radius 2 is 1.68 bits per heavy atom. The molecule has 106 valence electrons. The monoisotopic (exact) mass is 291 g/mol. The molecule has 0 saturated carbocycles. The van der Waals surface area contributed by atoms with Crippen LogP contribution in [0.4, 0.5) is 14.5 Å². The van der Waals surface area contributed by atoms with E-state index in [1.807, 2.05) is 0 Å². The molecule has 0 amide bonds. The fraction of sp³-hybridized carbons (Fsp3) is 0.455. The Labute approximate surface area is 110 Å². The molecular formula is C11H15F2N3O2S. The average Bonchev–Trinajstić information content (AvgIpc) is 2.64. The van der Waals surface area contributed by atoms with Gasteiger partial charge in [0.2, 0.25) is 10.0 Å². The van der Waals surface area contributed by atoms with E-state index in [2.05, 4.69) is 15.6 Å². The van der Waals surface area contributed by atoms with Gasteiger partial charge in [-0.2, -0.15) is 0 Å². The van der Waals surface area contributed by atoms with E-state index in [-0.39, 0.29) is 17.8 Å². The number of hydrogen-bond acceptors (Lipinski definition) is 4. The van der Waals surface area contributed by atoms with E-state index in [9.17, 15) is 17.2 Å². The molecule has 0 bridgehead atoms. The molecule has 1 heterocycles. The first-order chi connectivity index (χ1) is 8.81. The van der Waals surface area contributed by atoms with Crippen LogP contribution in [0.25, 0.3) is 0 Å². The SMILES string of the molecule is CC1NNC(C)C1S(=O)(=O)Nc1ccc(F)c(F)c1. The van der Waals surface area contributed by atoms with Crippen molar-refractivity contribution in [2.24, 2.45) is 0 Å². The normalized spacial score (nSPS) is 27.5. The molecule has 0 radical (unpaired) electrons. The summed E-state index contributed by atoms with van der Waals surface area (Å²) in [5.41, 5.74) is 5.66. The number of hydrogen-bond donors (Lipinski definition) is 3. The molecular weight excluding hydrogens is 276 g/mol. The lowest BCUT2D eigenvalue weighted by molar-refractivity contribution is 0.509. The Morgan fingerprint density at radius 1 is 1.11 bits per heavy atom. The van der Waals surface area contributed by atoms with Crippen molar-refractivity contribution in [1.82, 2.24) is 10.9 Å². The number of sulfonamides is 1. The van der Waals surface area contributed by atoms with Gasteiger partial charge >= 0.3 is 0 Å². The molecule has 5 nitrogen and oxygen atoms in total. The average molecular weight is 291 g/mol. The van der Waals surface area contributed by atoms with E-state index < -0.39 is 26.9 Å². The maximum Gasteiger partial charge on any atom is 0.238 e. The highest BCUT2D eigenvalue weighted by molar-refractivity contribution is 7.93. The fourth-order valence-electron chi connectivity index (χ4n) is 2.19. The van der Waals surface area contributed by atoms with E-state index in [1.165, 1.54) is 6.07 Å². The quantitative estimate of drug-likeness (QED) is 0.776. The smallest absolute Gasteiger partial charge is 0.238 e. The van der Waals surface area contributed by atoms with Gasteiger partial charge in [0.25, 0.3) is 0 Å². The van der Waals surface area contributed by atoms with Gasteiger partial charge in [0.1, 0.15) is 5.25 Å². The van der Waals surface area contributed by atoms with Crippen LogP contribution in [0.2, 0.25) is 0 Å². The van der Waals surface area contributed by atoms with Crippen LogP contribution in [-0.4, -0.2) is 25.8 Å². The van der Waals surface area contributed by atoms with Crippen LogP contribution in [-0.2, 0) is 10.0 Å². The van der Waals surface area contributed by atoms with Crippen molar-refractivity contribution < 1.29 is 17.2 Å². The third-order valence-corrected chi connectivity index (χ3v) is 5.12. The predicted octanol–water partition coefficient (Wildman–Crippen LogP) is 0.960. The van der Waals surface area contributed by atoms with Gasteiger partial charge < -0.3 is 0 Å². The zero-order chi connectivity index (χ0) is 14.2. The number of anilines is 1. The molecule has 2 unspecified atom stereocenters. The van der Waals surface area contributed by atoms with Gasteiger partial charge in [0.15, 0.2) is 11.6 Å². The Balaban J connectivity index is 2.23. The maximum atomic E-state index is 13.1. The highest BCUT2D eigenvalue weighted by atomic mass is 32.2. The standard InChI is InChI=1S/C11H15F2N3O2S/c1-6-11(7(2)15-14-6)19(17,18)16-8-3-4-9(12)10(13)5-8/h3-7,11,14-16H,1-2H3. The molecule has 2 atom stereocenters. The number of benzene rings is 1. The van der Waals surface area contributed by atoms with Crippen LogP contribution >= 0.6 is 0 Å². The summed E-state index contributed by atoms with van der Waals surface area (Å²) in [6, 6.07) is 2.29. The number of halogens is 2. The second-order valence-corrected chi connectivity index (χ2v) is 6.45. The molecule has 3 N–H and O–H groups in total. The molecule has 0 aliphatic carbocycles. The number of hydrazine groups is 1. The summed E-state index contributed by atoms with van der Waals surface area (Å²) in [4.78, 5) is 0. The minimum Gasteiger partial charge on any atom is -0.283 e. The summed E-state index contributed by atoms with van der Waals surface area (Å²) < 4.78 is 52.5. The first kappa shape index (κ1) is 14.2. The minimum atomic E-state index is -3.71. The molecule has 1 fully saturated rings. The molecule has 0 aromatic heterocycles. The molecule has 8 heteroatoms. The van der Waals surface area contributed by atoms with Crippen LogP contribution < -0.4 is 15.6 Å². The van der Waals surface area contributed by atoms with E-state index in [4.69, 9.17) is 0 Å². The van der Waals surface area contributed by atoms with Crippen molar-refractivity contribution in [1.29, 1.82) is 0 Å². The van der Waals surface area contributed by atoms with Crippen LogP contribution in [0.15, 0.2) is 18.2 Å². The Kier molecular flexibility index (Phi) is 3.75. The summed E-state index contributed by atoms with van der Waals surface area (Å²) in [7, 11) is -3.71. The Morgan fingerprint density at radius 3 is 2.21 bits per heavy atom. The highest BCUT2D eigenvalue weighted by Crippen LogP contribution is 2.20. The Bertz CT molecular complexity index is 569. The van der Waals surface area contributed by atoms with Crippen LogP contribution in [0.5, 0.6) is 0 Å². The molecule has 19 heavy (non-hydrogen) atoms. The summed E-state index contributed by atoms with van der Waals surface area (Å²) in [5, 5.41) is -0.708. The molecule has 1 saturated heterocycles. The number of rotatable bonds is 3. The minimum absolute atomic E-state index is 0.00481. The molecule has 1 aromatic carbocycles. The summed E-state index contributed by atoms with van der Waals surface area (Å²) in [6.07, 6.45) is 0. The van der Waals surface area contributed by atoms with E-state index >= 15 is 0 Å². The van der Waals surface area contributed by atoms with Gasteiger partial charge in [0, 0.05) is 18.2 Å². The van der Waals surface area contributed by atoms with Gasteiger partial charge in [-0.25, -0.2) is 17.2 Å². The first-order valence-corrected chi connectivity index (χ1v) is 7.33. The summed E-state index contributed by atoms with van der Waals surface area (Å²) in [5.74, 6) is -2.11. The topological polar surface area (TPSA) is 70.2 Å². The van der Waals surface area contributed by atoms with Crippen molar-refractivity contribution in [3.05, 3.63) is 29.8 Å². The van der Waals surface area contributed by atoms with E-state index in [0.717, 1.165) is 12.1 Å². The second kappa shape index (κ2) is 5.03. The van der Waals surface area contributed by atoms with Crippen LogP contribution in [0, 0.1) is 11.6 Å². The zero-order valence-corrected chi connectivity index (χ0v) is 11.3. The lowest BCUT2D eigenvalue weighted by Gasteiger charge is -2.19. The molecule has 1 aliphatic rings. The van der Waals surface area contributed by atoms with Crippen molar-refractivity contribution in [3.8, 4) is 0 Å². The molecule has 2 rings (SSSR count). The van der Waals surface area contributed by atoms with Gasteiger partial charge in [-0.1, -0.05) is 0 Å². The van der Waals surface area contributed by atoms with E-state index in [1.54, 1.807) is 13.8 Å². The molecule has 1 aromatic rings. The summed E-state index contributed by atoms with van der Waals surface area (Å²) >= 11 is 0. The van der Waals surface area contributed by atoms with Gasteiger partial charge in [-0.3, -0.25) is 15.6 Å². The second-order valence-electron chi connectivity index (χ2n) is 4.61. The fourth-order valence-corrected chi connectivity index (χ4v) is 3.99. The highest BCUT2D eigenvalue weighted by Gasteiger charge is 2.40. The zero-order valence-electron chi connectivity index (χ0n) is 10.4. The Hall–Kier alpha value is -1.25. The molecule has 0 spiro atoms. The molecule has 1 aliphatic heterocycles. The van der Waals surface area contributed by atoms with Crippen molar-refractivity contribution in [2.75, 3.05) is 4.72 Å². The largest absolute Gasteiger partial charge is 0.283 e. The van der Waals surface area contributed by atoms with Crippen LogP contribution in [0.3, 0.4) is 0 Å². The van der Waals surface area contributed by atoms with Crippen molar-refractivity contribution in [3.63, 3.8) is 0 Å². The maximum absolute atomic E-state index is 13.1. The third kappa shape index (κ3) is 2.85. The summed E-state index contributed by atoms with van der Waals surface area (Å²) in [6.45, 7) is 3.46.